The predicted octanol–water partition coefficient (Wildman–Crippen LogP) is 1.56. The molecule has 2 rings (SSSR count). The SMILES string of the molecule is CCOC(=O)[C@H]1CNC(=O)[C@@H]2CCN(C(=O)OC(C)(C)C)CC[C@@H]12. The summed E-state index contributed by atoms with van der Waals surface area (Å²) >= 11 is 0. The van der Waals surface area contributed by atoms with E-state index < -0.39 is 5.60 Å². The van der Waals surface area contributed by atoms with Crippen molar-refractivity contribution in [2.45, 2.75) is 46.1 Å². The molecular weight excluding hydrogens is 312 g/mol. The van der Waals surface area contributed by atoms with E-state index in [0.717, 1.165) is 0 Å². The molecule has 2 saturated heterocycles. The minimum atomic E-state index is -0.555. The molecule has 0 saturated carbocycles. The van der Waals surface area contributed by atoms with E-state index in [1.807, 2.05) is 20.8 Å². The van der Waals surface area contributed by atoms with Gasteiger partial charge in [-0.2, -0.15) is 0 Å². The van der Waals surface area contributed by atoms with E-state index in [-0.39, 0.29) is 35.7 Å². The third kappa shape index (κ3) is 4.39. The summed E-state index contributed by atoms with van der Waals surface area (Å²) in [6.45, 7) is 8.83. The van der Waals surface area contributed by atoms with Crippen LogP contribution in [0.15, 0.2) is 0 Å². The van der Waals surface area contributed by atoms with Gasteiger partial charge in [-0.3, -0.25) is 9.59 Å². The molecule has 24 heavy (non-hydrogen) atoms. The molecule has 2 amide bonds. The first-order valence-electron chi connectivity index (χ1n) is 8.65. The van der Waals surface area contributed by atoms with E-state index in [1.165, 1.54) is 0 Å². The second-order valence-corrected chi connectivity index (χ2v) is 7.42. The van der Waals surface area contributed by atoms with Crippen molar-refractivity contribution >= 4 is 18.0 Å². The van der Waals surface area contributed by atoms with Crippen LogP contribution in [0.3, 0.4) is 0 Å². The Hall–Kier alpha value is -1.79. The van der Waals surface area contributed by atoms with Crippen LogP contribution in [0.1, 0.15) is 40.5 Å². The van der Waals surface area contributed by atoms with Gasteiger partial charge in [-0.15, -0.1) is 0 Å². The minimum Gasteiger partial charge on any atom is -0.466 e. The van der Waals surface area contributed by atoms with Gasteiger partial charge < -0.3 is 19.7 Å². The lowest BCUT2D eigenvalue weighted by atomic mass is 9.75. The Labute approximate surface area is 143 Å². The Morgan fingerprint density at radius 3 is 2.54 bits per heavy atom. The molecule has 2 aliphatic rings. The van der Waals surface area contributed by atoms with Crippen molar-refractivity contribution in [1.29, 1.82) is 0 Å². The molecule has 0 radical (unpaired) electrons. The largest absolute Gasteiger partial charge is 0.466 e. The number of carbonyl (C=O) groups is 3. The van der Waals surface area contributed by atoms with Gasteiger partial charge in [-0.05, 0) is 46.5 Å². The highest BCUT2D eigenvalue weighted by Gasteiger charge is 2.44. The van der Waals surface area contributed by atoms with Crippen LogP contribution in [0, 0.1) is 17.8 Å². The molecule has 0 aliphatic carbocycles. The number of ether oxygens (including phenoxy) is 2. The van der Waals surface area contributed by atoms with E-state index in [1.54, 1.807) is 11.8 Å². The molecule has 136 valence electrons. The molecule has 1 N–H and O–H groups in total. The van der Waals surface area contributed by atoms with Gasteiger partial charge in [0.2, 0.25) is 5.91 Å². The second kappa shape index (κ2) is 7.40. The molecular formula is C17H28N2O5. The number of hydrogen-bond donors (Lipinski definition) is 1. The second-order valence-electron chi connectivity index (χ2n) is 7.42. The van der Waals surface area contributed by atoms with E-state index in [2.05, 4.69) is 5.32 Å². The third-order valence-corrected chi connectivity index (χ3v) is 4.55. The summed E-state index contributed by atoms with van der Waals surface area (Å²) < 4.78 is 10.6. The maximum atomic E-state index is 12.3. The predicted molar refractivity (Wildman–Crippen MR) is 87.2 cm³/mol. The Bertz CT molecular complexity index is 500. The lowest BCUT2D eigenvalue weighted by molar-refractivity contribution is -0.153. The van der Waals surface area contributed by atoms with Crippen LogP contribution >= 0.6 is 0 Å². The fourth-order valence-corrected chi connectivity index (χ4v) is 3.44. The van der Waals surface area contributed by atoms with E-state index in [9.17, 15) is 14.4 Å². The maximum absolute atomic E-state index is 12.3. The Morgan fingerprint density at radius 1 is 1.25 bits per heavy atom. The lowest BCUT2D eigenvalue weighted by Gasteiger charge is -2.35. The lowest BCUT2D eigenvalue weighted by Crippen LogP contribution is -2.50. The highest BCUT2D eigenvalue weighted by molar-refractivity contribution is 5.84. The first kappa shape index (κ1) is 18.5. The van der Waals surface area contributed by atoms with Crippen LogP contribution in [0.5, 0.6) is 0 Å². The minimum absolute atomic E-state index is 0.0356. The number of esters is 1. The van der Waals surface area contributed by atoms with Crippen molar-refractivity contribution in [3.8, 4) is 0 Å². The summed E-state index contributed by atoms with van der Waals surface area (Å²) in [4.78, 5) is 38.3. The van der Waals surface area contributed by atoms with E-state index in [0.29, 0.717) is 39.1 Å². The number of nitrogens with zero attached hydrogens (tertiary/aromatic N) is 1. The van der Waals surface area contributed by atoms with Gasteiger partial charge in [0.15, 0.2) is 0 Å². The molecule has 2 heterocycles. The summed E-state index contributed by atoms with van der Waals surface area (Å²) in [5.41, 5.74) is -0.555. The zero-order valence-electron chi connectivity index (χ0n) is 15.0. The Morgan fingerprint density at radius 2 is 1.92 bits per heavy atom. The van der Waals surface area contributed by atoms with Gasteiger partial charge in [-0.1, -0.05) is 0 Å². The molecule has 7 nitrogen and oxygen atoms in total. The molecule has 2 aliphatic heterocycles. The summed E-state index contributed by atoms with van der Waals surface area (Å²) in [6, 6.07) is 0. The molecule has 0 aromatic rings. The van der Waals surface area contributed by atoms with Gasteiger partial charge in [-0.25, -0.2) is 4.79 Å². The van der Waals surface area contributed by atoms with E-state index >= 15 is 0 Å². The molecule has 7 heteroatoms. The maximum Gasteiger partial charge on any atom is 0.410 e. The number of likely N-dealkylation sites (tertiary alicyclic amines) is 1. The van der Waals surface area contributed by atoms with Crippen LogP contribution < -0.4 is 5.32 Å². The Kier molecular flexibility index (Phi) is 5.72. The quantitative estimate of drug-likeness (QED) is 0.771. The molecule has 3 atom stereocenters. The topological polar surface area (TPSA) is 84.9 Å². The zero-order chi connectivity index (χ0) is 17.9. The highest BCUT2D eigenvalue weighted by atomic mass is 16.6. The molecule has 0 unspecified atom stereocenters. The molecule has 0 spiro atoms. The summed E-state index contributed by atoms with van der Waals surface area (Å²) in [7, 11) is 0. The highest BCUT2D eigenvalue weighted by Crippen LogP contribution is 2.34. The van der Waals surface area contributed by atoms with Crippen molar-refractivity contribution in [2.75, 3.05) is 26.2 Å². The molecule has 0 aromatic heterocycles. The van der Waals surface area contributed by atoms with Crippen LogP contribution in [0.4, 0.5) is 4.79 Å². The first-order chi connectivity index (χ1) is 11.2. The van der Waals surface area contributed by atoms with E-state index in [4.69, 9.17) is 9.47 Å². The molecule has 0 aromatic carbocycles. The van der Waals surface area contributed by atoms with Crippen molar-refractivity contribution in [3.05, 3.63) is 0 Å². The third-order valence-electron chi connectivity index (χ3n) is 4.55. The number of piperidine rings is 1. The number of rotatable bonds is 2. The van der Waals surface area contributed by atoms with Gasteiger partial charge in [0, 0.05) is 25.6 Å². The van der Waals surface area contributed by atoms with Crippen molar-refractivity contribution < 1.29 is 23.9 Å². The number of nitrogens with one attached hydrogen (secondary N) is 1. The summed E-state index contributed by atoms with van der Waals surface area (Å²) in [5.74, 6) is -0.998. The number of carbonyl (C=O) groups excluding carboxylic acids is 3. The van der Waals surface area contributed by atoms with Crippen molar-refractivity contribution in [1.82, 2.24) is 10.2 Å². The van der Waals surface area contributed by atoms with Crippen LogP contribution in [-0.4, -0.2) is 54.7 Å². The monoisotopic (exact) mass is 340 g/mol. The van der Waals surface area contributed by atoms with Crippen LogP contribution in [-0.2, 0) is 19.1 Å². The number of hydrogen-bond acceptors (Lipinski definition) is 5. The fourth-order valence-electron chi connectivity index (χ4n) is 3.44. The van der Waals surface area contributed by atoms with Crippen molar-refractivity contribution in [3.63, 3.8) is 0 Å². The first-order valence-corrected chi connectivity index (χ1v) is 8.65. The Balaban J connectivity index is 2.08. The van der Waals surface area contributed by atoms with Crippen LogP contribution in [0.2, 0.25) is 0 Å². The number of fused-ring (bicyclic) bond motifs is 1. The smallest absolute Gasteiger partial charge is 0.410 e. The molecule has 0 bridgehead atoms. The van der Waals surface area contributed by atoms with Gasteiger partial charge >= 0.3 is 12.1 Å². The van der Waals surface area contributed by atoms with Gasteiger partial charge in [0.05, 0.1) is 12.5 Å². The van der Waals surface area contributed by atoms with Crippen molar-refractivity contribution in [2.24, 2.45) is 17.8 Å². The zero-order valence-corrected chi connectivity index (χ0v) is 15.0. The summed E-state index contributed by atoms with van der Waals surface area (Å²) in [5, 5.41) is 2.81. The standard InChI is InChI=1S/C17H28N2O5/c1-5-23-15(21)13-10-18-14(20)12-7-9-19(8-6-11(12)13)16(22)24-17(2,3)4/h11-13H,5-10H2,1-4H3,(H,18,20)/t11-,12-,13+/m1/s1. The fraction of sp³-hybridized carbons (Fsp3) is 0.824. The summed E-state index contributed by atoms with van der Waals surface area (Å²) in [6.07, 6.45) is 0.765. The average molecular weight is 340 g/mol. The van der Waals surface area contributed by atoms with Crippen LogP contribution in [0.25, 0.3) is 0 Å². The average Bonchev–Trinajstić information content (AvgIpc) is 2.69. The molecule has 2 fully saturated rings. The van der Waals surface area contributed by atoms with Gasteiger partial charge in [0.1, 0.15) is 5.60 Å². The van der Waals surface area contributed by atoms with Gasteiger partial charge in [0.25, 0.3) is 0 Å². The normalized spacial score (nSPS) is 27.6. The number of amides is 2.